The highest BCUT2D eigenvalue weighted by Gasteiger charge is 2.23. The maximum absolute atomic E-state index is 13.3. The van der Waals surface area contributed by atoms with Crippen molar-refractivity contribution in [2.24, 2.45) is 0 Å². The van der Waals surface area contributed by atoms with Crippen LogP contribution in [0.1, 0.15) is 6.42 Å². The Hall–Kier alpha value is -2.16. The summed E-state index contributed by atoms with van der Waals surface area (Å²) in [5, 5.41) is 0. The molecule has 0 aromatic heterocycles. The summed E-state index contributed by atoms with van der Waals surface area (Å²) in [6.07, 6.45) is 1.76. The van der Waals surface area contributed by atoms with E-state index in [0.717, 1.165) is 23.0 Å². The SMILES string of the molecule is CS(=O)(=O)N(CCC(=O)N1CCN(C=O)CC1)c1cccc(F)c1. The zero-order valence-electron chi connectivity index (χ0n) is 13.4. The Morgan fingerprint density at radius 1 is 1.29 bits per heavy atom. The van der Waals surface area contributed by atoms with Gasteiger partial charge in [-0.15, -0.1) is 0 Å². The molecule has 132 valence electrons. The van der Waals surface area contributed by atoms with Gasteiger partial charge in [0.1, 0.15) is 5.82 Å². The highest BCUT2D eigenvalue weighted by atomic mass is 32.2. The number of piperazine rings is 1. The van der Waals surface area contributed by atoms with E-state index in [1.165, 1.54) is 18.2 Å². The Morgan fingerprint density at radius 2 is 1.96 bits per heavy atom. The average Bonchev–Trinajstić information content (AvgIpc) is 2.54. The van der Waals surface area contributed by atoms with Gasteiger partial charge in [-0.1, -0.05) is 6.07 Å². The predicted octanol–water partition coefficient (Wildman–Crippen LogP) is 0.282. The van der Waals surface area contributed by atoms with Gasteiger partial charge in [0.2, 0.25) is 22.3 Å². The lowest BCUT2D eigenvalue weighted by Gasteiger charge is -2.33. The first-order valence-electron chi connectivity index (χ1n) is 7.51. The maximum Gasteiger partial charge on any atom is 0.232 e. The van der Waals surface area contributed by atoms with Gasteiger partial charge in [-0.05, 0) is 18.2 Å². The third-order valence-electron chi connectivity index (χ3n) is 3.84. The molecule has 1 fully saturated rings. The number of anilines is 1. The molecule has 0 N–H and O–H groups in total. The van der Waals surface area contributed by atoms with Gasteiger partial charge in [0, 0.05) is 39.1 Å². The van der Waals surface area contributed by atoms with Crippen molar-refractivity contribution in [3.63, 3.8) is 0 Å². The molecule has 0 unspecified atom stereocenters. The monoisotopic (exact) mass is 357 g/mol. The molecule has 0 saturated carbocycles. The second-order valence-electron chi connectivity index (χ2n) is 5.59. The van der Waals surface area contributed by atoms with Crippen molar-refractivity contribution in [3.05, 3.63) is 30.1 Å². The van der Waals surface area contributed by atoms with E-state index in [-0.39, 0.29) is 24.6 Å². The highest BCUT2D eigenvalue weighted by Crippen LogP contribution is 2.19. The van der Waals surface area contributed by atoms with Gasteiger partial charge < -0.3 is 9.80 Å². The van der Waals surface area contributed by atoms with E-state index in [9.17, 15) is 22.4 Å². The molecule has 2 amide bonds. The number of amides is 2. The molecule has 1 aliphatic heterocycles. The molecule has 9 heteroatoms. The number of carbonyl (C=O) groups excluding carboxylic acids is 2. The third kappa shape index (κ3) is 4.67. The van der Waals surface area contributed by atoms with Crippen LogP contribution < -0.4 is 4.31 Å². The number of hydrogen-bond acceptors (Lipinski definition) is 4. The van der Waals surface area contributed by atoms with Crippen molar-refractivity contribution in [1.29, 1.82) is 0 Å². The molecule has 0 spiro atoms. The highest BCUT2D eigenvalue weighted by molar-refractivity contribution is 7.92. The number of hydrogen-bond donors (Lipinski definition) is 0. The molecular formula is C15H20FN3O4S. The summed E-state index contributed by atoms with van der Waals surface area (Å²) in [6, 6.07) is 5.25. The van der Waals surface area contributed by atoms with Crippen LogP contribution >= 0.6 is 0 Å². The number of carbonyl (C=O) groups is 2. The van der Waals surface area contributed by atoms with Gasteiger partial charge in [-0.3, -0.25) is 13.9 Å². The van der Waals surface area contributed by atoms with Crippen LogP contribution in [0.25, 0.3) is 0 Å². The lowest BCUT2D eigenvalue weighted by atomic mass is 10.2. The van der Waals surface area contributed by atoms with E-state index in [4.69, 9.17) is 0 Å². The standard InChI is InChI=1S/C15H20FN3O4S/c1-24(22,23)19(14-4-2-3-13(16)11-14)6-5-15(21)18-9-7-17(12-20)8-10-18/h2-4,11-12H,5-10H2,1H3. The fourth-order valence-electron chi connectivity index (χ4n) is 2.55. The average molecular weight is 357 g/mol. The van der Waals surface area contributed by atoms with Gasteiger partial charge in [-0.2, -0.15) is 0 Å². The Balaban J connectivity index is 2.01. The Kier molecular flexibility index (Phi) is 5.76. The minimum atomic E-state index is -3.63. The summed E-state index contributed by atoms with van der Waals surface area (Å²) in [7, 11) is -3.63. The van der Waals surface area contributed by atoms with Crippen LogP contribution in [0, 0.1) is 5.82 Å². The fraction of sp³-hybridized carbons (Fsp3) is 0.467. The van der Waals surface area contributed by atoms with Gasteiger partial charge in [-0.25, -0.2) is 12.8 Å². The van der Waals surface area contributed by atoms with E-state index in [0.29, 0.717) is 26.2 Å². The van der Waals surface area contributed by atoms with Crippen LogP contribution in [0.4, 0.5) is 10.1 Å². The molecule has 7 nitrogen and oxygen atoms in total. The van der Waals surface area contributed by atoms with Crippen LogP contribution in [0.3, 0.4) is 0 Å². The summed E-state index contributed by atoms with van der Waals surface area (Å²) < 4.78 is 38.3. The van der Waals surface area contributed by atoms with Crippen molar-refractivity contribution in [2.45, 2.75) is 6.42 Å². The van der Waals surface area contributed by atoms with E-state index < -0.39 is 15.8 Å². The largest absolute Gasteiger partial charge is 0.342 e. The summed E-state index contributed by atoms with van der Waals surface area (Å²) >= 11 is 0. The maximum atomic E-state index is 13.3. The van der Waals surface area contributed by atoms with Crippen molar-refractivity contribution in [3.8, 4) is 0 Å². The van der Waals surface area contributed by atoms with Gasteiger partial charge in [0.05, 0.1) is 11.9 Å². The minimum absolute atomic E-state index is 0.00925. The molecular weight excluding hydrogens is 337 g/mol. The summed E-state index contributed by atoms with van der Waals surface area (Å²) in [5.74, 6) is -0.733. The minimum Gasteiger partial charge on any atom is -0.342 e. The lowest BCUT2D eigenvalue weighted by Crippen LogP contribution is -2.48. The summed E-state index contributed by atoms with van der Waals surface area (Å²) in [4.78, 5) is 26.1. The van der Waals surface area contributed by atoms with Crippen LogP contribution in [0.5, 0.6) is 0 Å². The normalized spacial score (nSPS) is 15.2. The Bertz CT molecular complexity index is 702. The van der Waals surface area contributed by atoms with E-state index in [1.807, 2.05) is 0 Å². The first-order valence-corrected chi connectivity index (χ1v) is 9.36. The van der Waals surface area contributed by atoms with E-state index >= 15 is 0 Å². The van der Waals surface area contributed by atoms with Crippen LogP contribution in [-0.2, 0) is 19.6 Å². The topological polar surface area (TPSA) is 78.0 Å². The van der Waals surface area contributed by atoms with Crippen LogP contribution in [0.15, 0.2) is 24.3 Å². The molecule has 1 aliphatic rings. The molecule has 24 heavy (non-hydrogen) atoms. The lowest BCUT2D eigenvalue weighted by molar-refractivity contribution is -0.134. The third-order valence-corrected chi connectivity index (χ3v) is 5.04. The number of sulfonamides is 1. The van der Waals surface area contributed by atoms with Crippen molar-refractivity contribution < 1.29 is 22.4 Å². The van der Waals surface area contributed by atoms with E-state index in [1.54, 1.807) is 9.80 Å². The number of halogens is 1. The van der Waals surface area contributed by atoms with Crippen molar-refractivity contribution in [2.75, 3.05) is 43.3 Å². The summed E-state index contributed by atoms with van der Waals surface area (Å²) in [6.45, 7) is 1.73. The first-order chi connectivity index (χ1) is 11.3. The molecule has 1 aromatic rings. The van der Waals surface area contributed by atoms with Gasteiger partial charge >= 0.3 is 0 Å². The second kappa shape index (κ2) is 7.61. The predicted molar refractivity (Wildman–Crippen MR) is 87.4 cm³/mol. The molecule has 1 aromatic carbocycles. The van der Waals surface area contributed by atoms with Gasteiger partial charge in [0.25, 0.3) is 0 Å². The molecule has 0 radical (unpaired) electrons. The number of rotatable bonds is 6. The van der Waals surface area contributed by atoms with Crippen molar-refractivity contribution >= 4 is 28.0 Å². The van der Waals surface area contributed by atoms with Crippen molar-refractivity contribution in [1.82, 2.24) is 9.80 Å². The molecule has 0 aliphatic carbocycles. The zero-order valence-corrected chi connectivity index (χ0v) is 14.2. The first kappa shape index (κ1) is 18.2. The Labute approximate surface area is 140 Å². The summed E-state index contributed by atoms with van der Waals surface area (Å²) in [5.41, 5.74) is 0.191. The fourth-order valence-corrected chi connectivity index (χ4v) is 3.47. The number of benzene rings is 1. The molecule has 1 saturated heterocycles. The quantitative estimate of drug-likeness (QED) is 0.685. The molecule has 0 atom stereocenters. The van der Waals surface area contributed by atoms with Crippen LogP contribution in [-0.4, -0.2) is 69.5 Å². The second-order valence-corrected chi connectivity index (χ2v) is 7.49. The van der Waals surface area contributed by atoms with Gasteiger partial charge in [0.15, 0.2) is 0 Å². The van der Waals surface area contributed by atoms with E-state index in [2.05, 4.69) is 0 Å². The molecule has 1 heterocycles. The Morgan fingerprint density at radius 3 is 2.50 bits per heavy atom. The zero-order chi connectivity index (χ0) is 17.7. The smallest absolute Gasteiger partial charge is 0.232 e. The number of nitrogens with zero attached hydrogens (tertiary/aromatic N) is 3. The molecule has 0 bridgehead atoms. The molecule has 2 rings (SSSR count). The van der Waals surface area contributed by atoms with Crippen LogP contribution in [0.2, 0.25) is 0 Å².